The number of hydrogen-bond acceptors (Lipinski definition) is 5. The van der Waals surface area contributed by atoms with Crippen molar-refractivity contribution in [3.8, 4) is 0 Å². The number of unbranched alkanes of at least 4 members (excludes halogenated alkanes) is 13. The molecule has 1 saturated heterocycles. The summed E-state index contributed by atoms with van der Waals surface area (Å²) in [6.45, 7) is 6.25. The van der Waals surface area contributed by atoms with Crippen LogP contribution < -0.4 is 0 Å². The Hall–Kier alpha value is -1.05. The van der Waals surface area contributed by atoms with E-state index in [4.69, 9.17) is 18.5 Å². The number of rotatable bonds is 26. The average Bonchev–Trinajstić information content (AvgIpc) is 3.32. The second kappa shape index (κ2) is 22.5. The smallest absolute Gasteiger partial charge is 0.376 e. The highest BCUT2D eigenvalue weighted by atomic mass is 31.2. The van der Waals surface area contributed by atoms with Crippen LogP contribution in [0.25, 0.3) is 0 Å². The van der Waals surface area contributed by atoms with Gasteiger partial charge in [0.1, 0.15) is 11.8 Å². The number of ether oxygens (including phenoxy) is 2. The molecule has 1 aromatic carbocycles. The van der Waals surface area contributed by atoms with E-state index in [1.165, 1.54) is 82.7 Å². The Morgan fingerprint density at radius 2 is 1.44 bits per heavy atom. The normalized spacial score (nSPS) is 18.6. The summed E-state index contributed by atoms with van der Waals surface area (Å²) >= 11 is 0. The molecular formula is C35H63NO6P+. The van der Waals surface area contributed by atoms with Crippen molar-refractivity contribution in [2.24, 2.45) is 0 Å². The molecule has 1 fully saturated rings. The van der Waals surface area contributed by atoms with Crippen molar-refractivity contribution < 1.29 is 32.5 Å². The van der Waals surface area contributed by atoms with Gasteiger partial charge in [-0.25, -0.2) is 4.57 Å². The largest absolute Gasteiger partial charge is 0.472 e. The molecule has 3 unspecified atom stereocenters. The van der Waals surface area contributed by atoms with Crippen molar-refractivity contribution >= 4 is 7.82 Å². The summed E-state index contributed by atoms with van der Waals surface area (Å²) < 4.78 is 36.3. The Labute approximate surface area is 263 Å². The van der Waals surface area contributed by atoms with Gasteiger partial charge in [0.15, 0.2) is 0 Å². The topological polar surface area (TPSA) is 74.2 Å². The summed E-state index contributed by atoms with van der Waals surface area (Å²) in [7, 11) is 0.0527. The number of allylic oxidation sites excluding steroid dienone is 1. The molecular weight excluding hydrogens is 561 g/mol. The van der Waals surface area contributed by atoms with Gasteiger partial charge in [-0.15, -0.1) is 0 Å². The third kappa shape index (κ3) is 17.9. The third-order valence-electron chi connectivity index (χ3n) is 8.60. The first-order chi connectivity index (χ1) is 20.7. The van der Waals surface area contributed by atoms with Gasteiger partial charge in [0, 0.05) is 19.4 Å². The summed E-state index contributed by atoms with van der Waals surface area (Å²) in [5, 5.41) is 0. The van der Waals surface area contributed by atoms with Crippen molar-refractivity contribution in [3.63, 3.8) is 0 Å². The summed E-state index contributed by atoms with van der Waals surface area (Å²) in [6.07, 6.45) is 21.7. The number of benzene rings is 1. The lowest BCUT2D eigenvalue weighted by molar-refractivity contribution is -0.842. The lowest BCUT2D eigenvalue weighted by Gasteiger charge is -2.26. The van der Waals surface area contributed by atoms with E-state index in [9.17, 15) is 9.46 Å². The van der Waals surface area contributed by atoms with Crippen LogP contribution >= 0.6 is 7.82 Å². The van der Waals surface area contributed by atoms with Crippen molar-refractivity contribution in [2.75, 3.05) is 40.5 Å². The van der Waals surface area contributed by atoms with Crippen molar-refractivity contribution in [2.45, 2.75) is 135 Å². The Morgan fingerprint density at radius 1 is 0.860 bits per heavy atom. The zero-order valence-electron chi connectivity index (χ0n) is 27.9. The Morgan fingerprint density at radius 3 is 2.00 bits per heavy atom. The van der Waals surface area contributed by atoms with Gasteiger partial charge in [-0.1, -0.05) is 121 Å². The van der Waals surface area contributed by atoms with Crippen molar-refractivity contribution in [1.82, 2.24) is 0 Å². The minimum Gasteiger partial charge on any atom is -0.376 e. The van der Waals surface area contributed by atoms with Gasteiger partial charge in [-0.2, -0.15) is 0 Å². The van der Waals surface area contributed by atoms with Gasteiger partial charge in [0.25, 0.3) is 0 Å². The summed E-state index contributed by atoms with van der Waals surface area (Å²) in [5.41, 5.74) is 2.24. The van der Waals surface area contributed by atoms with E-state index >= 15 is 0 Å². The first-order valence-corrected chi connectivity index (χ1v) is 18.6. The quantitative estimate of drug-likeness (QED) is 0.0629. The van der Waals surface area contributed by atoms with E-state index in [2.05, 4.69) is 21.0 Å². The van der Waals surface area contributed by atoms with Crippen LogP contribution in [0.2, 0.25) is 0 Å². The second-order valence-corrected chi connectivity index (χ2v) is 14.2. The number of phosphoric ester groups is 1. The van der Waals surface area contributed by atoms with E-state index in [-0.39, 0.29) is 19.3 Å². The maximum atomic E-state index is 12.6. The minimum atomic E-state index is -4.23. The Bertz CT molecular complexity index is 909. The number of hydrogen-bond donors (Lipinski definition) is 1. The van der Waals surface area contributed by atoms with Gasteiger partial charge >= 0.3 is 7.82 Å². The van der Waals surface area contributed by atoms with Crippen LogP contribution in [0.15, 0.2) is 42.1 Å². The van der Waals surface area contributed by atoms with E-state index in [1.807, 2.05) is 43.3 Å². The molecule has 7 nitrogen and oxygen atoms in total. The van der Waals surface area contributed by atoms with Gasteiger partial charge in [-0.3, -0.25) is 13.5 Å². The van der Waals surface area contributed by atoms with Gasteiger partial charge in [-0.05, 0) is 25.0 Å². The zero-order valence-corrected chi connectivity index (χ0v) is 28.7. The first-order valence-electron chi connectivity index (χ1n) is 17.1. The van der Waals surface area contributed by atoms with E-state index in [1.54, 1.807) is 0 Å². The molecule has 0 aromatic heterocycles. The van der Waals surface area contributed by atoms with Crippen LogP contribution in [0, 0.1) is 0 Å². The standard InChI is InChI=1S/C35H62NO6P/c1-5-6-7-8-9-10-11-12-13-14-15-16-17-21-28-39-32(2)35(40-30-33-23-19-18-20-24-33)31-42-43(37,38)41-29-26-34-25-22-27-36(34,3)4/h18-20,23-24,26,32,35H,5-17,21-22,25,27-31H2,1-4H3/p+1. The molecule has 1 aliphatic heterocycles. The van der Waals surface area contributed by atoms with E-state index < -0.39 is 13.9 Å². The highest BCUT2D eigenvalue weighted by Gasteiger charge is 2.30. The Balaban J connectivity index is 1.65. The summed E-state index contributed by atoms with van der Waals surface area (Å²) in [5.74, 6) is 0. The van der Waals surface area contributed by atoms with Crippen LogP contribution in [-0.2, 0) is 29.7 Å². The molecule has 0 radical (unpaired) electrons. The SMILES string of the molecule is CCCCCCCCCCCCCCCCOC(C)C(COP(=O)(O)OCC=C1CCC[N+]1(C)C)OCc1ccccc1. The fourth-order valence-corrected chi connectivity index (χ4v) is 6.33. The van der Waals surface area contributed by atoms with E-state index in [0.717, 1.165) is 42.3 Å². The fourth-order valence-electron chi connectivity index (χ4n) is 5.65. The average molecular weight is 625 g/mol. The molecule has 2 rings (SSSR count). The van der Waals surface area contributed by atoms with Gasteiger partial charge in [0.05, 0.1) is 46.6 Å². The number of likely N-dealkylation sites (tertiary alicyclic amines) is 1. The molecule has 248 valence electrons. The van der Waals surface area contributed by atoms with Gasteiger partial charge < -0.3 is 14.4 Å². The van der Waals surface area contributed by atoms with Crippen LogP contribution in [0.4, 0.5) is 0 Å². The molecule has 1 aliphatic rings. The molecule has 8 heteroatoms. The summed E-state index contributed by atoms with van der Waals surface area (Å²) in [4.78, 5) is 10.3. The zero-order chi connectivity index (χ0) is 31.2. The predicted molar refractivity (Wildman–Crippen MR) is 177 cm³/mol. The molecule has 0 amide bonds. The molecule has 1 heterocycles. The molecule has 43 heavy (non-hydrogen) atoms. The third-order valence-corrected chi connectivity index (χ3v) is 9.55. The molecule has 1 N–H and O–H groups in total. The second-order valence-electron chi connectivity index (χ2n) is 12.8. The molecule has 0 bridgehead atoms. The van der Waals surface area contributed by atoms with Crippen LogP contribution in [0.1, 0.15) is 122 Å². The van der Waals surface area contributed by atoms with Gasteiger partial charge in [0.2, 0.25) is 0 Å². The molecule has 0 spiro atoms. The van der Waals surface area contributed by atoms with Crippen LogP contribution in [0.3, 0.4) is 0 Å². The minimum absolute atomic E-state index is 0.0471. The highest BCUT2D eigenvalue weighted by Crippen LogP contribution is 2.43. The summed E-state index contributed by atoms with van der Waals surface area (Å²) in [6, 6.07) is 9.89. The maximum absolute atomic E-state index is 12.6. The molecule has 1 aromatic rings. The lowest BCUT2D eigenvalue weighted by Crippen LogP contribution is -2.34. The number of phosphoric acid groups is 1. The first kappa shape index (κ1) is 38.1. The van der Waals surface area contributed by atoms with E-state index in [0.29, 0.717) is 13.2 Å². The maximum Gasteiger partial charge on any atom is 0.472 e. The molecule has 0 aliphatic carbocycles. The fraction of sp³-hybridized carbons (Fsp3) is 0.771. The van der Waals surface area contributed by atoms with Crippen molar-refractivity contribution in [1.29, 1.82) is 0 Å². The van der Waals surface area contributed by atoms with Crippen molar-refractivity contribution in [3.05, 3.63) is 47.7 Å². The van der Waals surface area contributed by atoms with Crippen LogP contribution in [-0.4, -0.2) is 62.0 Å². The number of quaternary nitrogens is 1. The Kier molecular flexibility index (Phi) is 19.9. The lowest BCUT2D eigenvalue weighted by atomic mass is 10.0. The number of nitrogens with zero attached hydrogens (tertiary/aromatic N) is 1. The van der Waals surface area contributed by atoms with Crippen LogP contribution in [0.5, 0.6) is 0 Å². The highest BCUT2D eigenvalue weighted by molar-refractivity contribution is 7.47. The monoisotopic (exact) mass is 624 g/mol. The molecule has 3 atom stereocenters. The predicted octanol–water partition coefficient (Wildman–Crippen LogP) is 9.35. The molecule has 0 saturated carbocycles.